The summed E-state index contributed by atoms with van der Waals surface area (Å²) in [5, 5.41) is 11.6. The molecule has 2 aromatic carbocycles. The highest BCUT2D eigenvalue weighted by Crippen LogP contribution is 2.33. The molecule has 0 saturated carbocycles. The van der Waals surface area contributed by atoms with E-state index in [9.17, 15) is 5.11 Å². The lowest BCUT2D eigenvalue weighted by molar-refractivity contribution is 0.125. The molecule has 2 rings (SSSR count). The second-order valence-corrected chi connectivity index (χ2v) is 4.82. The standard InChI is InChI=1S/C13H12BrClO2/c14-13-11-4-2-1-3-9(11)5-6-12(13)17-8-10(16)7-15/h1-6,10,16H,7-8H2. The number of ether oxygens (including phenoxy) is 1. The maximum Gasteiger partial charge on any atom is 0.134 e. The molecule has 0 amide bonds. The molecule has 0 aliphatic rings. The SMILES string of the molecule is OC(CCl)COc1ccc2ccccc2c1Br. The molecule has 90 valence electrons. The van der Waals surface area contributed by atoms with Crippen LogP contribution < -0.4 is 4.74 Å². The average molecular weight is 316 g/mol. The fourth-order valence-corrected chi connectivity index (χ4v) is 2.25. The number of aliphatic hydroxyl groups excluding tert-OH is 1. The van der Waals surface area contributed by atoms with Crippen molar-refractivity contribution < 1.29 is 9.84 Å². The van der Waals surface area contributed by atoms with Crippen molar-refractivity contribution in [3.63, 3.8) is 0 Å². The molecular formula is C13H12BrClO2. The van der Waals surface area contributed by atoms with Gasteiger partial charge in [0.1, 0.15) is 18.5 Å². The van der Waals surface area contributed by atoms with Crippen LogP contribution in [0.2, 0.25) is 0 Å². The normalized spacial score (nSPS) is 12.6. The van der Waals surface area contributed by atoms with Gasteiger partial charge < -0.3 is 9.84 Å². The summed E-state index contributed by atoms with van der Waals surface area (Å²) in [7, 11) is 0. The van der Waals surface area contributed by atoms with Crippen LogP contribution in [0.5, 0.6) is 5.75 Å². The highest BCUT2D eigenvalue weighted by molar-refractivity contribution is 9.10. The fraction of sp³-hybridized carbons (Fsp3) is 0.231. The van der Waals surface area contributed by atoms with E-state index in [2.05, 4.69) is 15.9 Å². The van der Waals surface area contributed by atoms with E-state index < -0.39 is 6.10 Å². The third-order valence-electron chi connectivity index (χ3n) is 2.44. The van der Waals surface area contributed by atoms with Crippen LogP contribution in [0.25, 0.3) is 10.8 Å². The molecule has 17 heavy (non-hydrogen) atoms. The van der Waals surface area contributed by atoms with Gasteiger partial charge in [-0.05, 0) is 32.8 Å². The van der Waals surface area contributed by atoms with Gasteiger partial charge in [0.05, 0.1) is 10.4 Å². The number of halogens is 2. The van der Waals surface area contributed by atoms with Crippen molar-refractivity contribution in [2.75, 3.05) is 12.5 Å². The molecule has 0 fully saturated rings. The maximum absolute atomic E-state index is 9.35. The minimum Gasteiger partial charge on any atom is -0.490 e. The van der Waals surface area contributed by atoms with Crippen molar-refractivity contribution in [3.8, 4) is 5.75 Å². The van der Waals surface area contributed by atoms with E-state index in [0.717, 1.165) is 15.2 Å². The van der Waals surface area contributed by atoms with Crippen molar-refractivity contribution >= 4 is 38.3 Å². The number of alkyl halides is 1. The van der Waals surface area contributed by atoms with E-state index in [4.69, 9.17) is 16.3 Å². The Morgan fingerprint density at radius 1 is 1.24 bits per heavy atom. The van der Waals surface area contributed by atoms with Gasteiger partial charge in [0.2, 0.25) is 0 Å². The molecule has 0 aliphatic heterocycles. The van der Waals surface area contributed by atoms with Gasteiger partial charge in [0.15, 0.2) is 0 Å². The Bertz CT molecular complexity index is 516. The Hall–Kier alpha value is -0.770. The van der Waals surface area contributed by atoms with Crippen molar-refractivity contribution in [3.05, 3.63) is 40.9 Å². The Balaban J connectivity index is 2.26. The summed E-state index contributed by atoms with van der Waals surface area (Å²) in [6.07, 6.45) is -0.643. The predicted molar refractivity (Wildman–Crippen MR) is 73.9 cm³/mol. The first-order valence-electron chi connectivity index (χ1n) is 5.26. The Morgan fingerprint density at radius 3 is 2.76 bits per heavy atom. The van der Waals surface area contributed by atoms with Crippen molar-refractivity contribution in [1.29, 1.82) is 0 Å². The summed E-state index contributed by atoms with van der Waals surface area (Å²) >= 11 is 9.03. The lowest BCUT2D eigenvalue weighted by atomic mass is 10.1. The lowest BCUT2D eigenvalue weighted by Gasteiger charge is -2.12. The van der Waals surface area contributed by atoms with Crippen LogP contribution in [0.3, 0.4) is 0 Å². The smallest absolute Gasteiger partial charge is 0.134 e. The van der Waals surface area contributed by atoms with Gasteiger partial charge in [-0.15, -0.1) is 11.6 Å². The summed E-state index contributed by atoms with van der Waals surface area (Å²) < 4.78 is 6.42. The number of rotatable bonds is 4. The van der Waals surface area contributed by atoms with Crippen LogP contribution in [0.15, 0.2) is 40.9 Å². The number of fused-ring (bicyclic) bond motifs is 1. The molecule has 1 unspecified atom stereocenters. The molecule has 0 bridgehead atoms. The molecule has 1 atom stereocenters. The molecule has 0 saturated heterocycles. The second kappa shape index (κ2) is 5.71. The third-order valence-corrected chi connectivity index (χ3v) is 3.61. The van der Waals surface area contributed by atoms with E-state index >= 15 is 0 Å². The van der Waals surface area contributed by atoms with Gasteiger partial charge in [-0.3, -0.25) is 0 Å². The quantitative estimate of drug-likeness (QED) is 0.874. The molecule has 0 spiro atoms. The highest BCUT2D eigenvalue weighted by Gasteiger charge is 2.08. The van der Waals surface area contributed by atoms with Gasteiger partial charge in [-0.25, -0.2) is 0 Å². The topological polar surface area (TPSA) is 29.5 Å². The maximum atomic E-state index is 9.35. The van der Waals surface area contributed by atoms with Crippen LogP contribution in [0, 0.1) is 0 Å². The van der Waals surface area contributed by atoms with E-state index in [1.165, 1.54) is 0 Å². The summed E-state index contributed by atoms with van der Waals surface area (Å²) in [4.78, 5) is 0. The van der Waals surface area contributed by atoms with E-state index in [1.54, 1.807) is 0 Å². The fourth-order valence-electron chi connectivity index (χ4n) is 1.56. The Kier molecular flexibility index (Phi) is 4.26. The van der Waals surface area contributed by atoms with Gasteiger partial charge in [0, 0.05) is 0 Å². The predicted octanol–water partition coefficient (Wildman–Crippen LogP) is 3.58. The molecule has 2 aromatic rings. The molecule has 0 aliphatic carbocycles. The number of benzene rings is 2. The molecule has 0 heterocycles. The molecule has 1 N–H and O–H groups in total. The van der Waals surface area contributed by atoms with Crippen LogP contribution in [-0.2, 0) is 0 Å². The zero-order valence-corrected chi connectivity index (χ0v) is 11.4. The Morgan fingerprint density at radius 2 is 2.00 bits per heavy atom. The Labute approximate surface area is 113 Å². The van der Waals surface area contributed by atoms with Crippen LogP contribution in [0.1, 0.15) is 0 Å². The van der Waals surface area contributed by atoms with Crippen LogP contribution in [-0.4, -0.2) is 23.7 Å². The van der Waals surface area contributed by atoms with E-state index in [-0.39, 0.29) is 12.5 Å². The van der Waals surface area contributed by atoms with Crippen LogP contribution in [0.4, 0.5) is 0 Å². The zero-order chi connectivity index (χ0) is 12.3. The minimum absolute atomic E-state index is 0.172. The molecule has 2 nitrogen and oxygen atoms in total. The zero-order valence-electron chi connectivity index (χ0n) is 9.07. The molecule has 4 heteroatoms. The molecular weight excluding hydrogens is 303 g/mol. The minimum atomic E-state index is -0.643. The first-order chi connectivity index (χ1) is 8.22. The van der Waals surface area contributed by atoms with Gasteiger partial charge in [-0.1, -0.05) is 30.3 Å². The van der Waals surface area contributed by atoms with Gasteiger partial charge >= 0.3 is 0 Å². The average Bonchev–Trinajstić information content (AvgIpc) is 2.38. The first-order valence-corrected chi connectivity index (χ1v) is 6.59. The van der Waals surface area contributed by atoms with Crippen molar-refractivity contribution in [1.82, 2.24) is 0 Å². The second-order valence-electron chi connectivity index (χ2n) is 3.72. The monoisotopic (exact) mass is 314 g/mol. The molecule has 0 aromatic heterocycles. The van der Waals surface area contributed by atoms with Gasteiger partial charge in [-0.2, -0.15) is 0 Å². The number of hydrogen-bond acceptors (Lipinski definition) is 2. The van der Waals surface area contributed by atoms with E-state index in [1.807, 2.05) is 36.4 Å². The van der Waals surface area contributed by atoms with Gasteiger partial charge in [0.25, 0.3) is 0 Å². The molecule has 0 radical (unpaired) electrons. The summed E-state index contributed by atoms with van der Waals surface area (Å²) in [6, 6.07) is 11.9. The summed E-state index contributed by atoms with van der Waals surface area (Å²) in [5.41, 5.74) is 0. The number of hydrogen-bond donors (Lipinski definition) is 1. The first kappa shape index (κ1) is 12.7. The largest absolute Gasteiger partial charge is 0.490 e. The summed E-state index contributed by atoms with van der Waals surface area (Å²) in [6.45, 7) is 0.195. The van der Waals surface area contributed by atoms with Crippen LogP contribution >= 0.6 is 27.5 Å². The third kappa shape index (κ3) is 2.92. The van der Waals surface area contributed by atoms with E-state index in [0.29, 0.717) is 5.75 Å². The lowest BCUT2D eigenvalue weighted by Crippen LogP contribution is -2.18. The van der Waals surface area contributed by atoms with Crippen molar-refractivity contribution in [2.45, 2.75) is 6.10 Å². The summed E-state index contributed by atoms with van der Waals surface area (Å²) in [5.74, 6) is 0.887. The highest BCUT2D eigenvalue weighted by atomic mass is 79.9. The van der Waals surface area contributed by atoms with Crippen molar-refractivity contribution in [2.24, 2.45) is 0 Å². The number of aliphatic hydroxyl groups is 1.